The van der Waals surface area contributed by atoms with Crippen molar-refractivity contribution in [3.63, 3.8) is 0 Å². The van der Waals surface area contributed by atoms with Gasteiger partial charge in [0.25, 0.3) is 0 Å². The zero-order valence-corrected chi connectivity index (χ0v) is 21.7. The molecule has 0 saturated carbocycles. The Bertz CT molecular complexity index is 1030. The Morgan fingerprint density at radius 1 is 0.750 bits per heavy atom. The van der Waals surface area contributed by atoms with Gasteiger partial charge in [-0.1, -0.05) is 83.6 Å². The number of benzene rings is 2. The molecule has 0 radical (unpaired) electrons. The minimum Gasteiger partial charge on any atom is -0.494 e. The van der Waals surface area contributed by atoms with Crippen molar-refractivity contribution < 1.29 is 19.0 Å². The van der Waals surface area contributed by atoms with E-state index in [0.717, 1.165) is 36.3 Å². The third-order valence-corrected chi connectivity index (χ3v) is 6.10. The van der Waals surface area contributed by atoms with Crippen molar-refractivity contribution in [2.24, 2.45) is 5.92 Å². The predicted octanol–water partition coefficient (Wildman–Crippen LogP) is 7.53. The number of carbonyl (C=O) groups excluding carboxylic acids is 1. The van der Waals surface area contributed by atoms with Gasteiger partial charge in [0.05, 0.1) is 18.8 Å². The number of hydrogen-bond donors (Lipinski definition) is 0. The Morgan fingerprint density at radius 2 is 1.36 bits per heavy atom. The van der Waals surface area contributed by atoms with Gasteiger partial charge in [0.2, 0.25) is 11.8 Å². The summed E-state index contributed by atoms with van der Waals surface area (Å²) in [6, 6.07) is 18.6. The summed E-state index contributed by atoms with van der Waals surface area (Å²) in [5, 5.41) is 7.91. The standard InChI is InChI=1S/C30H38N2O4/c1-4-6-7-8-9-10-21-34-27-17-15-25(16-18-27)24-11-13-26(14-12-24)30(33)36-29-20-19-28(31-32-29)35-22-23(3)5-2/h11-20,23H,4-10,21-22H2,1-3H3/t23-/m0/s1. The second-order valence-electron chi connectivity index (χ2n) is 9.14. The van der Waals surface area contributed by atoms with E-state index in [4.69, 9.17) is 14.2 Å². The molecule has 0 aliphatic rings. The average molecular weight is 491 g/mol. The van der Waals surface area contributed by atoms with Crippen LogP contribution in [0.15, 0.2) is 60.7 Å². The molecule has 3 aromatic rings. The second-order valence-corrected chi connectivity index (χ2v) is 9.14. The third kappa shape index (κ3) is 8.99. The maximum Gasteiger partial charge on any atom is 0.344 e. The maximum atomic E-state index is 12.5. The van der Waals surface area contributed by atoms with E-state index in [0.29, 0.717) is 24.0 Å². The van der Waals surface area contributed by atoms with Crippen molar-refractivity contribution in [3.8, 4) is 28.6 Å². The molecule has 36 heavy (non-hydrogen) atoms. The Balaban J connectivity index is 1.46. The summed E-state index contributed by atoms with van der Waals surface area (Å²) in [6.07, 6.45) is 8.53. The highest BCUT2D eigenvalue weighted by atomic mass is 16.5. The summed E-state index contributed by atoms with van der Waals surface area (Å²) in [4.78, 5) is 12.5. The molecule has 0 bridgehead atoms. The van der Waals surface area contributed by atoms with E-state index in [1.165, 1.54) is 32.1 Å². The highest BCUT2D eigenvalue weighted by molar-refractivity contribution is 5.91. The molecular formula is C30H38N2O4. The molecule has 0 saturated heterocycles. The molecule has 0 aliphatic carbocycles. The SMILES string of the molecule is CCCCCCCCOc1ccc(-c2ccc(C(=O)Oc3ccc(OC[C@@H](C)CC)nn3)cc2)cc1. The minimum absolute atomic E-state index is 0.136. The molecule has 0 amide bonds. The van der Waals surface area contributed by atoms with Crippen molar-refractivity contribution in [2.45, 2.75) is 65.7 Å². The number of esters is 1. The molecule has 6 nitrogen and oxygen atoms in total. The molecule has 1 heterocycles. The van der Waals surface area contributed by atoms with Gasteiger partial charge >= 0.3 is 5.97 Å². The van der Waals surface area contributed by atoms with E-state index < -0.39 is 5.97 Å². The molecule has 0 fully saturated rings. The number of unbranched alkanes of at least 4 members (excludes halogenated alkanes) is 5. The molecule has 0 unspecified atom stereocenters. The van der Waals surface area contributed by atoms with Crippen LogP contribution in [0.3, 0.4) is 0 Å². The van der Waals surface area contributed by atoms with E-state index in [-0.39, 0.29) is 5.88 Å². The lowest BCUT2D eigenvalue weighted by Gasteiger charge is -2.10. The normalized spacial score (nSPS) is 11.6. The van der Waals surface area contributed by atoms with Crippen molar-refractivity contribution in [2.75, 3.05) is 13.2 Å². The van der Waals surface area contributed by atoms with E-state index >= 15 is 0 Å². The first kappa shape index (κ1) is 27.2. The zero-order valence-electron chi connectivity index (χ0n) is 21.7. The monoisotopic (exact) mass is 490 g/mol. The summed E-state index contributed by atoms with van der Waals surface area (Å²) in [5.41, 5.74) is 2.51. The van der Waals surface area contributed by atoms with Crippen molar-refractivity contribution >= 4 is 5.97 Å². The molecule has 6 heteroatoms. The molecular weight excluding hydrogens is 452 g/mol. The quantitative estimate of drug-likeness (QED) is 0.162. The van der Waals surface area contributed by atoms with Gasteiger partial charge in [-0.05, 0) is 47.7 Å². The van der Waals surface area contributed by atoms with Gasteiger partial charge in [-0.15, -0.1) is 10.2 Å². The van der Waals surface area contributed by atoms with Crippen LogP contribution in [0.5, 0.6) is 17.5 Å². The first-order valence-electron chi connectivity index (χ1n) is 13.1. The highest BCUT2D eigenvalue weighted by Gasteiger charge is 2.11. The fraction of sp³-hybridized carbons (Fsp3) is 0.433. The van der Waals surface area contributed by atoms with Gasteiger partial charge < -0.3 is 14.2 Å². The molecule has 192 valence electrons. The molecule has 0 N–H and O–H groups in total. The maximum absolute atomic E-state index is 12.5. The van der Waals surface area contributed by atoms with E-state index in [9.17, 15) is 4.79 Å². The molecule has 0 aliphatic heterocycles. The topological polar surface area (TPSA) is 70.5 Å². The predicted molar refractivity (Wildman–Crippen MR) is 143 cm³/mol. The molecule has 1 aromatic heterocycles. The van der Waals surface area contributed by atoms with Crippen LogP contribution >= 0.6 is 0 Å². The van der Waals surface area contributed by atoms with Crippen LogP contribution < -0.4 is 14.2 Å². The molecule has 3 rings (SSSR count). The molecule has 1 atom stereocenters. The average Bonchev–Trinajstić information content (AvgIpc) is 2.92. The van der Waals surface area contributed by atoms with Crippen LogP contribution in [0.1, 0.15) is 76.1 Å². The lowest BCUT2D eigenvalue weighted by Crippen LogP contribution is -2.11. The van der Waals surface area contributed by atoms with E-state index in [2.05, 4.69) is 31.0 Å². The van der Waals surface area contributed by atoms with Crippen LogP contribution in [-0.2, 0) is 0 Å². The Hall–Kier alpha value is -3.41. The van der Waals surface area contributed by atoms with Crippen molar-refractivity contribution in [3.05, 3.63) is 66.2 Å². The summed E-state index contributed by atoms with van der Waals surface area (Å²) in [7, 11) is 0. The smallest absolute Gasteiger partial charge is 0.344 e. The zero-order chi connectivity index (χ0) is 25.6. The first-order valence-corrected chi connectivity index (χ1v) is 13.1. The van der Waals surface area contributed by atoms with Gasteiger partial charge in [0.1, 0.15) is 5.75 Å². The number of rotatable bonds is 15. The van der Waals surface area contributed by atoms with Gasteiger partial charge in [-0.3, -0.25) is 0 Å². The van der Waals surface area contributed by atoms with E-state index in [1.54, 1.807) is 24.3 Å². The number of aromatic nitrogens is 2. The van der Waals surface area contributed by atoms with Crippen LogP contribution in [0.4, 0.5) is 0 Å². The van der Waals surface area contributed by atoms with Gasteiger partial charge in [-0.25, -0.2) is 4.79 Å². The number of carbonyl (C=O) groups is 1. The van der Waals surface area contributed by atoms with Gasteiger partial charge in [0, 0.05) is 12.1 Å². The van der Waals surface area contributed by atoms with Gasteiger partial charge in [-0.2, -0.15) is 0 Å². The summed E-state index contributed by atoms with van der Waals surface area (Å²) < 4.78 is 16.8. The summed E-state index contributed by atoms with van der Waals surface area (Å²) >= 11 is 0. The number of ether oxygens (including phenoxy) is 3. The molecule has 2 aromatic carbocycles. The van der Waals surface area contributed by atoms with Crippen molar-refractivity contribution in [1.29, 1.82) is 0 Å². The Kier molecular flexibility index (Phi) is 11.2. The third-order valence-electron chi connectivity index (χ3n) is 6.10. The van der Waals surface area contributed by atoms with Crippen molar-refractivity contribution in [1.82, 2.24) is 10.2 Å². The number of nitrogens with zero attached hydrogens (tertiary/aromatic N) is 2. The van der Waals surface area contributed by atoms with Gasteiger partial charge in [0.15, 0.2) is 0 Å². The fourth-order valence-corrected chi connectivity index (χ4v) is 3.55. The van der Waals surface area contributed by atoms with E-state index in [1.807, 2.05) is 36.4 Å². The van der Waals surface area contributed by atoms with Crippen LogP contribution in [0, 0.1) is 5.92 Å². The minimum atomic E-state index is -0.484. The number of hydrogen-bond acceptors (Lipinski definition) is 6. The largest absolute Gasteiger partial charge is 0.494 e. The summed E-state index contributed by atoms with van der Waals surface area (Å²) in [6.45, 7) is 7.78. The first-order chi connectivity index (χ1) is 17.6. The fourth-order valence-electron chi connectivity index (χ4n) is 3.55. The second kappa shape index (κ2) is 14.9. The summed E-state index contributed by atoms with van der Waals surface area (Å²) in [5.74, 6) is 1.38. The Morgan fingerprint density at radius 3 is 2.00 bits per heavy atom. The Labute approximate surface area is 215 Å². The van der Waals surface area contributed by atoms with Crippen LogP contribution in [0.2, 0.25) is 0 Å². The lowest BCUT2D eigenvalue weighted by atomic mass is 10.0. The lowest BCUT2D eigenvalue weighted by molar-refractivity contribution is 0.0725. The van der Waals surface area contributed by atoms with Crippen LogP contribution in [0.25, 0.3) is 11.1 Å². The highest BCUT2D eigenvalue weighted by Crippen LogP contribution is 2.23. The van der Waals surface area contributed by atoms with Crippen LogP contribution in [-0.4, -0.2) is 29.4 Å². The molecule has 0 spiro atoms.